The Bertz CT molecular complexity index is 715. The summed E-state index contributed by atoms with van der Waals surface area (Å²) in [7, 11) is 0. The molecule has 0 aliphatic carbocycles. The van der Waals surface area contributed by atoms with Gasteiger partial charge in [-0.15, -0.1) is 0 Å². The summed E-state index contributed by atoms with van der Waals surface area (Å²) in [5.41, 5.74) is 2.40. The smallest absolute Gasteiger partial charge is 0.256 e. The predicted octanol–water partition coefficient (Wildman–Crippen LogP) is 4.66. The zero-order valence-corrected chi connectivity index (χ0v) is 14.3. The average Bonchev–Trinajstić information content (AvgIpc) is 2.46. The van der Waals surface area contributed by atoms with E-state index in [9.17, 15) is 4.79 Å². The van der Waals surface area contributed by atoms with Crippen LogP contribution < -0.4 is 5.32 Å². The third kappa shape index (κ3) is 3.92. The van der Waals surface area contributed by atoms with Crippen molar-refractivity contribution in [3.05, 3.63) is 62.5 Å². The van der Waals surface area contributed by atoms with Crippen LogP contribution in [0.5, 0.6) is 0 Å². The summed E-state index contributed by atoms with van der Waals surface area (Å²) in [4.78, 5) is 12.3. The molecule has 0 unspecified atom stereocenters. The monoisotopic (exact) mass is 410 g/mol. The summed E-state index contributed by atoms with van der Waals surface area (Å²) < 4.78 is 1.60. The van der Waals surface area contributed by atoms with Crippen molar-refractivity contribution in [2.24, 2.45) is 5.16 Å². The van der Waals surface area contributed by atoms with Gasteiger partial charge in [0.25, 0.3) is 5.91 Å². The first kappa shape index (κ1) is 15.7. The molecule has 21 heavy (non-hydrogen) atoms. The van der Waals surface area contributed by atoms with Gasteiger partial charge in [0.05, 0.1) is 11.3 Å². The molecule has 0 saturated heterocycles. The molecular weight excluding hydrogens is 400 g/mol. The van der Waals surface area contributed by atoms with Gasteiger partial charge in [0, 0.05) is 20.2 Å². The zero-order valence-electron chi connectivity index (χ0n) is 11.1. The van der Waals surface area contributed by atoms with Crippen LogP contribution in [-0.2, 0) is 0 Å². The number of carbonyl (C=O) groups is 1. The molecule has 0 aliphatic heterocycles. The second-order valence-corrected chi connectivity index (χ2v) is 6.11. The summed E-state index contributed by atoms with van der Waals surface area (Å²) >= 11 is 6.71. The van der Waals surface area contributed by atoms with Gasteiger partial charge in [0.1, 0.15) is 0 Å². The van der Waals surface area contributed by atoms with Crippen molar-refractivity contribution in [1.82, 2.24) is 0 Å². The minimum Gasteiger partial charge on any atom is -0.411 e. The molecule has 1 amide bonds. The van der Waals surface area contributed by atoms with E-state index in [4.69, 9.17) is 5.21 Å². The van der Waals surface area contributed by atoms with Crippen molar-refractivity contribution < 1.29 is 10.0 Å². The summed E-state index contributed by atoms with van der Waals surface area (Å²) in [6, 6.07) is 12.5. The Morgan fingerprint density at radius 2 is 1.95 bits per heavy atom. The minimum atomic E-state index is -0.217. The fraction of sp³-hybridized carbons (Fsp3) is 0.0667. The molecule has 4 nitrogen and oxygen atoms in total. The number of nitrogens with zero attached hydrogens (tertiary/aromatic N) is 1. The van der Waals surface area contributed by atoms with Crippen molar-refractivity contribution in [2.75, 3.05) is 5.32 Å². The number of carbonyl (C=O) groups excluding carboxylic acids is 1. The van der Waals surface area contributed by atoms with Crippen molar-refractivity contribution in [1.29, 1.82) is 0 Å². The summed E-state index contributed by atoms with van der Waals surface area (Å²) in [5, 5.41) is 14.8. The zero-order chi connectivity index (χ0) is 15.4. The second-order valence-electron chi connectivity index (χ2n) is 4.34. The molecule has 2 rings (SSSR count). The number of hydrogen-bond acceptors (Lipinski definition) is 3. The summed E-state index contributed by atoms with van der Waals surface area (Å²) in [6.45, 7) is 1.69. The largest absolute Gasteiger partial charge is 0.411 e. The Morgan fingerprint density at radius 1 is 1.19 bits per heavy atom. The molecule has 0 aromatic heterocycles. The van der Waals surface area contributed by atoms with E-state index in [1.807, 2.05) is 6.07 Å². The Kier molecular flexibility index (Phi) is 5.14. The standard InChI is InChI=1S/C15H12Br2N2O2/c1-9(19-21)10-3-2-4-12(7-10)18-15(20)13-6-5-11(16)8-14(13)17/h2-8,21H,1H3,(H,18,20)/b19-9-. The number of rotatable bonds is 3. The van der Waals surface area contributed by atoms with E-state index < -0.39 is 0 Å². The Morgan fingerprint density at radius 3 is 2.62 bits per heavy atom. The van der Waals surface area contributed by atoms with E-state index >= 15 is 0 Å². The first-order valence-corrected chi connectivity index (χ1v) is 7.65. The quantitative estimate of drug-likeness (QED) is 0.438. The highest BCUT2D eigenvalue weighted by atomic mass is 79.9. The highest BCUT2D eigenvalue weighted by Crippen LogP contribution is 2.23. The van der Waals surface area contributed by atoms with Crippen molar-refractivity contribution in [2.45, 2.75) is 6.92 Å². The molecule has 0 spiro atoms. The topological polar surface area (TPSA) is 61.7 Å². The van der Waals surface area contributed by atoms with E-state index in [2.05, 4.69) is 42.3 Å². The van der Waals surface area contributed by atoms with E-state index in [0.29, 0.717) is 21.4 Å². The number of hydrogen-bond donors (Lipinski definition) is 2. The fourth-order valence-corrected chi connectivity index (χ4v) is 2.98. The summed E-state index contributed by atoms with van der Waals surface area (Å²) in [5.74, 6) is -0.217. The van der Waals surface area contributed by atoms with E-state index in [1.54, 1.807) is 43.3 Å². The van der Waals surface area contributed by atoms with Crippen LogP contribution in [0.15, 0.2) is 56.6 Å². The van der Waals surface area contributed by atoms with Gasteiger partial charge in [-0.25, -0.2) is 0 Å². The molecule has 0 radical (unpaired) electrons. The molecule has 108 valence electrons. The molecule has 0 atom stereocenters. The Balaban J connectivity index is 2.23. The molecule has 2 aromatic carbocycles. The lowest BCUT2D eigenvalue weighted by molar-refractivity contribution is 0.102. The van der Waals surface area contributed by atoms with Gasteiger partial charge in [-0.05, 0) is 53.2 Å². The van der Waals surface area contributed by atoms with Crippen molar-refractivity contribution in [3.63, 3.8) is 0 Å². The molecule has 2 aromatic rings. The Labute approximate surface area is 139 Å². The van der Waals surface area contributed by atoms with Gasteiger partial charge < -0.3 is 10.5 Å². The van der Waals surface area contributed by atoms with Gasteiger partial charge in [-0.3, -0.25) is 4.79 Å². The third-order valence-corrected chi connectivity index (χ3v) is 4.01. The van der Waals surface area contributed by atoms with Crippen LogP contribution in [0, 0.1) is 0 Å². The minimum absolute atomic E-state index is 0.217. The molecule has 0 aliphatic rings. The lowest BCUT2D eigenvalue weighted by Gasteiger charge is -2.08. The number of nitrogens with one attached hydrogen (secondary N) is 1. The maximum Gasteiger partial charge on any atom is 0.256 e. The van der Waals surface area contributed by atoms with E-state index in [0.717, 1.165) is 10.0 Å². The van der Waals surface area contributed by atoms with Crippen LogP contribution in [-0.4, -0.2) is 16.8 Å². The lowest BCUT2D eigenvalue weighted by Crippen LogP contribution is -2.13. The lowest BCUT2D eigenvalue weighted by atomic mass is 10.1. The third-order valence-electron chi connectivity index (χ3n) is 2.86. The van der Waals surface area contributed by atoms with Gasteiger partial charge in [-0.1, -0.05) is 33.2 Å². The number of oxime groups is 1. The van der Waals surface area contributed by atoms with Crippen LogP contribution in [0.4, 0.5) is 5.69 Å². The highest BCUT2D eigenvalue weighted by Gasteiger charge is 2.11. The van der Waals surface area contributed by atoms with Gasteiger partial charge in [-0.2, -0.15) is 0 Å². The Hall–Kier alpha value is -1.66. The normalized spacial score (nSPS) is 11.3. The highest BCUT2D eigenvalue weighted by molar-refractivity contribution is 9.11. The van der Waals surface area contributed by atoms with E-state index in [-0.39, 0.29) is 5.91 Å². The number of amides is 1. The maximum atomic E-state index is 12.3. The maximum absolute atomic E-state index is 12.3. The van der Waals surface area contributed by atoms with Crippen molar-refractivity contribution in [3.8, 4) is 0 Å². The van der Waals surface area contributed by atoms with Crippen molar-refractivity contribution >= 4 is 49.2 Å². The molecule has 0 fully saturated rings. The number of benzene rings is 2. The fourth-order valence-electron chi connectivity index (χ4n) is 1.75. The molecule has 0 heterocycles. The molecule has 0 saturated carbocycles. The first-order chi connectivity index (χ1) is 10.0. The first-order valence-electron chi connectivity index (χ1n) is 6.07. The van der Waals surface area contributed by atoms with Crippen LogP contribution in [0.2, 0.25) is 0 Å². The number of anilines is 1. The molecule has 0 bridgehead atoms. The number of halogens is 2. The summed E-state index contributed by atoms with van der Waals surface area (Å²) in [6.07, 6.45) is 0. The van der Waals surface area contributed by atoms with Crippen LogP contribution >= 0.6 is 31.9 Å². The van der Waals surface area contributed by atoms with Gasteiger partial charge >= 0.3 is 0 Å². The SMILES string of the molecule is C/C(=N/O)c1cccc(NC(=O)c2ccc(Br)cc2Br)c1. The van der Waals surface area contributed by atoms with Gasteiger partial charge in [0.15, 0.2) is 0 Å². The van der Waals surface area contributed by atoms with Gasteiger partial charge in [0.2, 0.25) is 0 Å². The van der Waals surface area contributed by atoms with E-state index in [1.165, 1.54) is 0 Å². The molecule has 6 heteroatoms. The second kappa shape index (κ2) is 6.87. The van der Waals surface area contributed by atoms with Crippen LogP contribution in [0.1, 0.15) is 22.8 Å². The predicted molar refractivity (Wildman–Crippen MR) is 90.2 cm³/mol. The van der Waals surface area contributed by atoms with Crippen LogP contribution in [0.25, 0.3) is 0 Å². The average molecular weight is 412 g/mol. The van der Waals surface area contributed by atoms with Crippen LogP contribution in [0.3, 0.4) is 0 Å². The molecular formula is C15H12Br2N2O2. The molecule has 2 N–H and O–H groups in total.